The van der Waals surface area contributed by atoms with Gasteiger partial charge in [0.05, 0.1) is 38.6 Å². The zero-order chi connectivity index (χ0) is 52.9. The van der Waals surface area contributed by atoms with Gasteiger partial charge in [-0.15, -0.1) is 0 Å². The number of benzene rings is 2. The van der Waals surface area contributed by atoms with Crippen molar-refractivity contribution in [1.82, 2.24) is 29.8 Å². The van der Waals surface area contributed by atoms with Gasteiger partial charge in [-0.2, -0.15) is 0 Å². The van der Waals surface area contributed by atoms with Crippen LogP contribution in [0.5, 0.6) is 11.5 Å². The number of likely N-dealkylation sites (N-methyl/N-ethyl adjacent to an activating group) is 1. The molecule has 72 heavy (non-hydrogen) atoms. The van der Waals surface area contributed by atoms with Gasteiger partial charge in [-0.3, -0.25) is 24.2 Å². The molecule has 0 atom stereocenters. The number of hydrogen-bond acceptors (Lipinski definition) is 11. The number of ether oxygens (including phenoxy) is 2. The summed E-state index contributed by atoms with van der Waals surface area (Å²) >= 11 is 0. The zero-order valence-corrected chi connectivity index (χ0v) is 45.3. The largest absolute Gasteiger partial charge is 0.496 e. The van der Waals surface area contributed by atoms with Crippen LogP contribution in [0.3, 0.4) is 0 Å². The van der Waals surface area contributed by atoms with Crippen LogP contribution in [-0.4, -0.2) is 172 Å². The molecule has 0 aromatic heterocycles. The normalized spacial score (nSPS) is 20.3. The monoisotopic (exact) mass is 998 g/mol. The first-order valence-electron chi connectivity index (χ1n) is 26.3. The van der Waals surface area contributed by atoms with Gasteiger partial charge in [-0.05, 0) is 162 Å². The lowest BCUT2D eigenvalue weighted by atomic mass is 9.48. The Bertz CT molecular complexity index is 2190. The molecule has 4 fully saturated rings. The maximum absolute atomic E-state index is 14.3. The van der Waals surface area contributed by atoms with Crippen LogP contribution < -0.4 is 19.7 Å². The average molecular weight is 998 g/mol. The molecule has 0 aliphatic heterocycles. The molecule has 3 N–H and O–H groups in total. The second kappa shape index (κ2) is 26.5. The topological polar surface area (TPSA) is 159 Å². The molecule has 4 aliphatic rings. The van der Waals surface area contributed by atoms with E-state index in [0.29, 0.717) is 60.8 Å². The third-order valence-corrected chi connectivity index (χ3v) is 15.6. The van der Waals surface area contributed by atoms with E-state index in [1.807, 2.05) is 53.9 Å². The number of carbonyl (C=O) groups excluding carboxylic acids is 2. The van der Waals surface area contributed by atoms with Crippen molar-refractivity contribution < 1.29 is 38.9 Å². The van der Waals surface area contributed by atoms with E-state index < -0.39 is 23.4 Å². The van der Waals surface area contributed by atoms with E-state index in [-0.39, 0.29) is 35.8 Å². The van der Waals surface area contributed by atoms with Gasteiger partial charge >= 0.3 is 11.9 Å². The summed E-state index contributed by atoms with van der Waals surface area (Å²) in [7, 11) is 11.2. The minimum atomic E-state index is -1.31. The fourth-order valence-corrected chi connectivity index (χ4v) is 11.8. The summed E-state index contributed by atoms with van der Waals surface area (Å²) in [5, 5.41) is 23.2. The molecule has 398 valence electrons. The smallest absolute Gasteiger partial charge is 0.330 e. The summed E-state index contributed by atoms with van der Waals surface area (Å²) in [6.45, 7) is 23.5. The van der Waals surface area contributed by atoms with Gasteiger partial charge in [-0.25, -0.2) is 4.79 Å². The van der Waals surface area contributed by atoms with Gasteiger partial charge in [0.25, 0.3) is 5.91 Å². The van der Waals surface area contributed by atoms with Crippen molar-refractivity contribution in [3.05, 3.63) is 77.9 Å². The lowest BCUT2D eigenvalue weighted by molar-refractivity contribution is -0.167. The molecule has 0 spiro atoms. The van der Waals surface area contributed by atoms with E-state index >= 15 is 0 Å². The molecule has 6 rings (SSSR count). The molecule has 0 unspecified atom stereocenters. The van der Waals surface area contributed by atoms with Crippen LogP contribution in [0.25, 0.3) is 11.4 Å². The number of anilines is 1. The second-order valence-corrected chi connectivity index (χ2v) is 21.2. The molecule has 4 bridgehead atoms. The standard InChI is InChI=1S/C57H87N7O8/c1-13-22-63(28-29-64(23-14-2)38-53(66)67)37-52(65)61(9)27-17-25-59(7)24-16-26-60(8)41(6)44-20-21-48(47(36-44)39(3)4)62(10)49(54-50(71-11)18-15-19-51(54)72-12)30-40(5)55(68)58-57(56(69)70)45-32-42-31-43(34-45)35-46(57)33-42/h15,18-21,30,36,39,42-43,45-46H,5-6,13-14,16-17,22-29,31-35,37-38H2,1-4,7-12H3,(H,58,68)(H,66,67)(H,69,70)/b49-30-. The molecule has 0 radical (unpaired) electrons. The molecule has 0 saturated heterocycles. The molecule has 2 amide bonds. The van der Waals surface area contributed by atoms with Crippen molar-refractivity contribution in [3.63, 3.8) is 0 Å². The maximum atomic E-state index is 14.3. The van der Waals surface area contributed by atoms with Gasteiger partial charge in [0.1, 0.15) is 17.0 Å². The Hall–Kier alpha value is -5.38. The highest BCUT2D eigenvalue weighted by Gasteiger charge is 2.62. The number of carboxylic acid groups (broad SMARTS) is 2. The molecule has 2 aromatic rings. The van der Waals surface area contributed by atoms with Crippen molar-refractivity contribution in [2.75, 3.05) is 113 Å². The van der Waals surface area contributed by atoms with Crippen LogP contribution in [0.4, 0.5) is 5.69 Å². The highest BCUT2D eigenvalue weighted by Crippen LogP contribution is 2.58. The van der Waals surface area contributed by atoms with Crippen molar-refractivity contribution >= 4 is 40.8 Å². The van der Waals surface area contributed by atoms with Crippen LogP contribution in [0.1, 0.15) is 108 Å². The first-order valence-corrected chi connectivity index (χ1v) is 26.3. The number of nitrogens with zero attached hydrogens (tertiary/aromatic N) is 6. The third-order valence-electron chi connectivity index (χ3n) is 15.6. The number of nitrogens with one attached hydrogen (secondary N) is 1. The van der Waals surface area contributed by atoms with E-state index in [1.165, 1.54) is 0 Å². The van der Waals surface area contributed by atoms with Gasteiger partial charge in [0.2, 0.25) is 5.91 Å². The molecule has 15 nitrogen and oxygen atoms in total. The van der Waals surface area contributed by atoms with Gasteiger partial charge in [0, 0.05) is 64.3 Å². The van der Waals surface area contributed by atoms with Crippen LogP contribution in [-0.2, 0) is 19.2 Å². The van der Waals surface area contributed by atoms with E-state index in [4.69, 9.17) is 9.47 Å². The van der Waals surface area contributed by atoms with Gasteiger partial charge < -0.3 is 44.6 Å². The van der Waals surface area contributed by atoms with Crippen LogP contribution >= 0.6 is 0 Å². The fourth-order valence-electron chi connectivity index (χ4n) is 11.8. The lowest BCUT2D eigenvalue weighted by Crippen LogP contribution is -2.70. The van der Waals surface area contributed by atoms with E-state index in [9.17, 15) is 29.4 Å². The van der Waals surface area contributed by atoms with E-state index in [2.05, 4.69) is 86.2 Å². The number of aliphatic carboxylic acids is 2. The number of methoxy groups -OCH3 is 2. The third kappa shape index (κ3) is 14.2. The summed E-state index contributed by atoms with van der Waals surface area (Å²) in [6.07, 6.45) is 9.76. The van der Waals surface area contributed by atoms with E-state index in [1.54, 1.807) is 20.3 Å². The van der Waals surface area contributed by atoms with Crippen LogP contribution in [0, 0.1) is 23.7 Å². The summed E-state index contributed by atoms with van der Waals surface area (Å²) in [5.74, 6) is -0.151. The minimum absolute atomic E-state index is 0.0134. The highest BCUT2D eigenvalue weighted by atomic mass is 16.5. The Morgan fingerprint density at radius 1 is 0.750 bits per heavy atom. The van der Waals surface area contributed by atoms with Crippen molar-refractivity contribution in [2.24, 2.45) is 23.7 Å². The predicted molar refractivity (Wildman–Crippen MR) is 288 cm³/mol. The Balaban J connectivity index is 1.22. The number of hydrogen-bond donors (Lipinski definition) is 3. The van der Waals surface area contributed by atoms with Crippen molar-refractivity contribution in [2.45, 2.75) is 96.9 Å². The second-order valence-electron chi connectivity index (χ2n) is 21.2. The summed E-state index contributed by atoms with van der Waals surface area (Å²) < 4.78 is 11.8. The highest BCUT2D eigenvalue weighted by molar-refractivity contribution is 6.02. The SMILES string of the molecule is C=C(/C=C(/c1c(OC)cccc1OC)N(C)c1ccc(C(=C)N(C)CCCN(C)CCCN(C)C(=O)CN(CCC)CCN(CCC)CC(=O)O)cc1C(C)C)C(=O)NC1(C(=O)O)C2CC3CC(C2)CC1C3. The lowest BCUT2D eigenvalue weighted by Gasteiger charge is -2.59. The number of amides is 2. The maximum Gasteiger partial charge on any atom is 0.330 e. The Morgan fingerprint density at radius 2 is 1.29 bits per heavy atom. The summed E-state index contributed by atoms with van der Waals surface area (Å²) in [4.78, 5) is 64.4. The number of rotatable bonds is 31. The van der Waals surface area contributed by atoms with Crippen molar-refractivity contribution in [1.29, 1.82) is 0 Å². The molecular weight excluding hydrogens is 911 g/mol. The summed E-state index contributed by atoms with van der Waals surface area (Å²) in [5.41, 5.74) is 3.91. The fraction of sp³-hybridized carbons (Fsp3) is 0.614. The first kappa shape index (κ1) is 57.5. The summed E-state index contributed by atoms with van der Waals surface area (Å²) in [6, 6.07) is 11.9. The first-order chi connectivity index (χ1) is 34.3. The van der Waals surface area contributed by atoms with Gasteiger partial charge in [0.15, 0.2) is 0 Å². The average Bonchev–Trinajstić information content (AvgIpc) is 3.34. The Labute approximate surface area is 430 Å². The molecule has 4 aliphatic carbocycles. The molecule has 0 heterocycles. The Morgan fingerprint density at radius 3 is 1.79 bits per heavy atom. The quantitative estimate of drug-likeness (QED) is 0.0496. The molecule has 2 aromatic carbocycles. The van der Waals surface area contributed by atoms with Crippen molar-refractivity contribution in [3.8, 4) is 11.5 Å². The Kier molecular flexibility index (Phi) is 21.2. The van der Waals surface area contributed by atoms with E-state index in [0.717, 1.165) is 113 Å². The van der Waals surface area contributed by atoms with Crippen LogP contribution in [0.2, 0.25) is 0 Å². The van der Waals surface area contributed by atoms with Gasteiger partial charge in [-0.1, -0.05) is 53.0 Å². The predicted octanol–water partition coefficient (Wildman–Crippen LogP) is 7.84. The zero-order valence-electron chi connectivity index (χ0n) is 45.3. The van der Waals surface area contributed by atoms with Crippen LogP contribution in [0.15, 0.2) is 61.2 Å². The molecular formula is C57H87N7O8. The molecule has 15 heteroatoms. The number of carbonyl (C=O) groups is 4. The minimum Gasteiger partial charge on any atom is -0.496 e. The molecule has 4 saturated carbocycles. The number of carboxylic acids is 2.